The van der Waals surface area contributed by atoms with E-state index in [4.69, 9.17) is 4.74 Å². The van der Waals surface area contributed by atoms with E-state index in [1.165, 1.54) is 12.8 Å². The van der Waals surface area contributed by atoms with Gasteiger partial charge in [-0.15, -0.1) is 10.2 Å². The number of carbonyl (C=O) groups excluding carboxylic acids is 1. The number of nitrogens with one attached hydrogen (secondary N) is 1. The predicted molar refractivity (Wildman–Crippen MR) is 109 cm³/mol. The highest BCUT2D eigenvalue weighted by Crippen LogP contribution is 2.20. The number of hydrogen-bond acceptors (Lipinski definition) is 8. The average molecular weight is 397 g/mol. The first-order valence-electron chi connectivity index (χ1n) is 10.3. The quantitative estimate of drug-likeness (QED) is 0.746. The van der Waals surface area contributed by atoms with Gasteiger partial charge in [-0.1, -0.05) is 0 Å². The van der Waals surface area contributed by atoms with Gasteiger partial charge in [0.1, 0.15) is 0 Å². The van der Waals surface area contributed by atoms with E-state index >= 15 is 0 Å². The molecule has 2 aliphatic rings. The van der Waals surface area contributed by atoms with Crippen molar-refractivity contribution in [3.8, 4) is 5.88 Å². The molecular formula is C20H27N7O2. The van der Waals surface area contributed by atoms with Crippen LogP contribution >= 0.6 is 0 Å². The van der Waals surface area contributed by atoms with Crippen molar-refractivity contribution in [2.45, 2.75) is 25.7 Å². The Hall–Kier alpha value is -2.97. The molecule has 9 nitrogen and oxygen atoms in total. The van der Waals surface area contributed by atoms with Gasteiger partial charge in [0.05, 0.1) is 0 Å². The molecule has 1 amide bonds. The molecule has 2 aliphatic heterocycles. The Labute approximate surface area is 170 Å². The van der Waals surface area contributed by atoms with Crippen LogP contribution in [0.4, 0.5) is 11.8 Å². The first kappa shape index (κ1) is 19.4. The summed E-state index contributed by atoms with van der Waals surface area (Å²) >= 11 is 0. The molecule has 0 unspecified atom stereocenters. The molecule has 0 radical (unpaired) electrons. The van der Waals surface area contributed by atoms with Gasteiger partial charge in [0.2, 0.25) is 11.8 Å². The molecule has 2 aromatic heterocycles. The van der Waals surface area contributed by atoms with Crippen LogP contribution in [0.5, 0.6) is 5.88 Å². The zero-order chi connectivity index (χ0) is 19.9. The Morgan fingerprint density at radius 3 is 2.62 bits per heavy atom. The molecule has 9 heteroatoms. The second-order valence-electron chi connectivity index (χ2n) is 7.52. The fourth-order valence-electron chi connectivity index (χ4n) is 3.82. The van der Waals surface area contributed by atoms with Crippen LogP contribution in [-0.4, -0.2) is 65.4 Å². The molecule has 0 saturated carbocycles. The summed E-state index contributed by atoms with van der Waals surface area (Å²) in [5, 5.41) is 11.2. The Kier molecular flexibility index (Phi) is 6.33. The molecule has 0 spiro atoms. The molecule has 4 rings (SSSR count). The number of aromatic nitrogens is 4. The second-order valence-corrected chi connectivity index (χ2v) is 7.52. The Balaban J connectivity index is 1.19. The van der Waals surface area contributed by atoms with Crippen molar-refractivity contribution < 1.29 is 9.53 Å². The molecule has 0 aromatic carbocycles. The van der Waals surface area contributed by atoms with E-state index in [-0.39, 0.29) is 12.5 Å². The molecular weight excluding hydrogens is 370 g/mol. The third-order valence-electron chi connectivity index (χ3n) is 5.35. The van der Waals surface area contributed by atoms with Crippen LogP contribution in [0, 0.1) is 5.92 Å². The van der Waals surface area contributed by atoms with E-state index in [2.05, 4.69) is 35.3 Å². The van der Waals surface area contributed by atoms with Crippen molar-refractivity contribution in [2.24, 2.45) is 5.92 Å². The van der Waals surface area contributed by atoms with E-state index in [1.807, 2.05) is 12.1 Å². The minimum Gasteiger partial charge on any atom is -0.466 e. The third kappa shape index (κ3) is 5.30. The fourth-order valence-corrected chi connectivity index (χ4v) is 3.82. The highest BCUT2D eigenvalue weighted by atomic mass is 16.5. The molecule has 4 heterocycles. The van der Waals surface area contributed by atoms with Crippen molar-refractivity contribution in [1.29, 1.82) is 0 Å². The molecule has 2 saturated heterocycles. The van der Waals surface area contributed by atoms with E-state index in [1.54, 1.807) is 18.5 Å². The maximum absolute atomic E-state index is 12.2. The van der Waals surface area contributed by atoms with Crippen LogP contribution in [-0.2, 0) is 4.79 Å². The van der Waals surface area contributed by atoms with Crippen LogP contribution in [0.1, 0.15) is 25.7 Å². The van der Waals surface area contributed by atoms with Gasteiger partial charge in [-0.2, -0.15) is 0 Å². The molecule has 0 aliphatic carbocycles. The largest absolute Gasteiger partial charge is 0.466 e. The summed E-state index contributed by atoms with van der Waals surface area (Å²) in [5.41, 5.74) is 0. The summed E-state index contributed by atoms with van der Waals surface area (Å²) in [4.78, 5) is 25.2. The summed E-state index contributed by atoms with van der Waals surface area (Å²) in [6.45, 7) is 4.39. The number of nitrogens with zero attached hydrogens (tertiary/aromatic N) is 6. The zero-order valence-corrected chi connectivity index (χ0v) is 16.5. The number of rotatable bonds is 7. The van der Waals surface area contributed by atoms with Crippen LogP contribution in [0.15, 0.2) is 30.6 Å². The van der Waals surface area contributed by atoms with Gasteiger partial charge in [0, 0.05) is 51.2 Å². The Bertz CT molecular complexity index is 781. The summed E-state index contributed by atoms with van der Waals surface area (Å²) in [6, 6.07) is 5.48. The number of ether oxygens (including phenoxy) is 1. The van der Waals surface area contributed by atoms with Gasteiger partial charge in [0.15, 0.2) is 12.4 Å². The highest BCUT2D eigenvalue weighted by Gasteiger charge is 2.22. The van der Waals surface area contributed by atoms with Crippen LogP contribution in [0.25, 0.3) is 0 Å². The summed E-state index contributed by atoms with van der Waals surface area (Å²) in [5.74, 6) is 2.21. The van der Waals surface area contributed by atoms with E-state index in [0.29, 0.717) is 18.3 Å². The third-order valence-corrected chi connectivity index (χ3v) is 5.35. The van der Waals surface area contributed by atoms with E-state index < -0.39 is 0 Å². The molecule has 0 bridgehead atoms. The maximum atomic E-state index is 12.2. The molecule has 1 N–H and O–H groups in total. The lowest BCUT2D eigenvalue weighted by Crippen LogP contribution is -2.42. The number of amides is 1. The van der Waals surface area contributed by atoms with Crippen LogP contribution in [0.3, 0.4) is 0 Å². The number of carbonyl (C=O) groups is 1. The second kappa shape index (κ2) is 9.49. The van der Waals surface area contributed by atoms with Gasteiger partial charge in [0.25, 0.3) is 5.91 Å². The van der Waals surface area contributed by atoms with Gasteiger partial charge in [-0.25, -0.2) is 9.97 Å². The number of hydrogen-bond donors (Lipinski definition) is 1. The lowest BCUT2D eigenvalue weighted by atomic mass is 9.98. The van der Waals surface area contributed by atoms with Crippen molar-refractivity contribution in [3.05, 3.63) is 30.6 Å². The molecule has 2 aromatic rings. The van der Waals surface area contributed by atoms with E-state index in [9.17, 15) is 4.79 Å². The number of anilines is 2. The van der Waals surface area contributed by atoms with Crippen LogP contribution in [0.2, 0.25) is 0 Å². The fraction of sp³-hybridized carbons (Fsp3) is 0.550. The first-order valence-corrected chi connectivity index (χ1v) is 10.3. The molecule has 1 atom stereocenters. The predicted octanol–water partition coefficient (Wildman–Crippen LogP) is 1.28. The summed E-state index contributed by atoms with van der Waals surface area (Å²) in [6.07, 6.45) is 8.04. The van der Waals surface area contributed by atoms with Gasteiger partial charge in [-0.3, -0.25) is 4.79 Å². The average Bonchev–Trinajstić information content (AvgIpc) is 3.32. The minimum absolute atomic E-state index is 0.0596. The first-order chi connectivity index (χ1) is 14.3. The van der Waals surface area contributed by atoms with Gasteiger partial charge < -0.3 is 19.9 Å². The standard InChI is InChI=1S/C20H27N7O2/c28-18(15-29-19-7-6-17(24-25-19)26-10-1-2-11-26)23-13-16-5-3-12-27(14-16)20-21-8-4-9-22-20/h4,6-9,16H,1-3,5,10-15H2,(H,23,28)/t16-/m0/s1. The molecule has 154 valence electrons. The SMILES string of the molecule is O=C(COc1ccc(N2CCCC2)nn1)NC[C@@H]1CCCN(c2ncccn2)C1. The molecule has 2 fully saturated rings. The topological polar surface area (TPSA) is 96.4 Å². The highest BCUT2D eigenvalue weighted by molar-refractivity contribution is 5.77. The lowest BCUT2D eigenvalue weighted by Gasteiger charge is -2.32. The zero-order valence-electron chi connectivity index (χ0n) is 16.5. The monoisotopic (exact) mass is 397 g/mol. The van der Waals surface area contributed by atoms with Gasteiger partial charge in [-0.05, 0) is 43.7 Å². The maximum Gasteiger partial charge on any atom is 0.258 e. The summed E-state index contributed by atoms with van der Waals surface area (Å²) in [7, 11) is 0. The normalized spacial score (nSPS) is 19.2. The van der Waals surface area contributed by atoms with Crippen molar-refractivity contribution in [2.75, 3.05) is 49.1 Å². The number of piperidine rings is 1. The van der Waals surface area contributed by atoms with Gasteiger partial charge >= 0.3 is 0 Å². The van der Waals surface area contributed by atoms with Crippen molar-refractivity contribution >= 4 is 17.7 Å². The summed E-state index contributed by atoms with van der Waals surface area (Å²) < 4.78 is 5.48. The van der Waals surface area contributed by atoms with Crippen molar-refractivity contribution in [1.82, 2.24) is 25.5 Å². The van der Waals surface area contributed by atoms with Crippen LogP contribution < -0.4 is 19.9 Å². The lowest BCUT2D eigenvalue weighted by molar-refractivity contribution is -0.123. The molecule has 29 heavy (non-hydrogen) atoms. The Morgan fingerprint density at radius 1 is 1.07 bits per heavy atom. The van der Waals surface area contributed by atoms with Crippen molar-refractivity contribution in [3.63, 3.8) is 0 Å². The Morgan fingerprint density at radius 2 is 1.86 bits per heavy atom. The smallest absolute Gasteiger partial charge is 0.258 e. The van der Waals surface area contributed by atoms with E-state index in [0.717, 1.165) is 50.8 Å². The minimum atomic E-state index is -0.150.